The van der Waals surface area contributed by atoms with E-state index in [9.17, 15) is 9.90 Å². The standard InChI is InChI=1S/C27H36N6O3/c1-18-14-28-26(29-15-18)32-11-9-24(10-12-32)36-31-21-5-3-20(4-6-21)25-8-7-22(13-19(25)2)30-27(35)33-16-23(34)17-33/h7-8,13-15,20,23-24,34H,3-6,9-12,16-17H2,1-2H3,(H,30,35). The lowest BCUT2D eigenvalue weighted by atomic mass is 9.81. The summed E-state index contributed by atoms with van der Waals surface area (Å²) in [5.41, 5.74) is 5.58. The summed E-state index contributed by atoms with van der Waals surface area (Å²) in [6, 6.07) is 6.02. The second-order valence-corrected chi connectivity index (χ2v) is 10.3. The van der Waals surface area contributed by atoms with Crippen molar-refractivity contribution in [2.24, 2.45) is 5.16 Å². The number of urea groups is 1. The van der Waals surface area contributed by atoms with Crippen molar-refractivity contribution >= 4 is 23.4 Å². The monoisotopic (exact) mass is 492 g/mol. The second-order valence-electron chi connectivity index (χ2n) is 10.3. The third-order valence-corrected chi connectivity index (χ3v) is 7.50. The summed E-state index contributed by atoms with van der Waals surface area (Å²) in [4.78, 5) is 30.9. The number of likely N-dealkylation sites (tertiary alicyclic amines) is 1. The van der Waals surface area contributed by atoms with Gasteiger partial charge >= 0.3 is 6.03 Å². The Labute approximate surface area is 212 Å². The van der Waals surface area contributed by atoms with Crippen LogP contribution in [0.3, 0.4) is 0 Å². The molecule has 36 heavy (non-hydrogen) atoms. The fourth-order valence-electron chi connectivity index (χ4n) is 5.25. The van der Waals surface area contributed by atoms with Gasteiger partial charge < -0.3 is 25.1 Å². The minimum atomic E-state index is -0.391. The van der Waals surface area contributed by atoms with Crippen molar-refractivity contribution in [2.75, 3.05) is 36.4 Å². The Morgan fingerprint density at radius 3 is 2.42 bits per heavy atom. The predicted molar refractivity (Wildman–Crippen MR) is 140 cm³/mol. The number of carbonyl (C=O) groups is 1. The molecule has 1 saturated carbocycles. The largest absolute Gasteiger partial charge is 0.392 e. The highest BCUT2D eigenvalue weighted by atomic mass is 16.6. The van der Waals surface area contributed by atoms with Crippen LogP contribution >= 0.6 is 0 Å². The van der Waals surface area contributed by atoms with Crippen LogP contribution < -0.4 is 10.2 Å². The van der Waals surface area contributed by atoms with Crippen LogP contribution in [-0.4, -0.2) is 70.1 Å². The number of β-amino-alcohol motifs (C(OH)–C–C–N with tert-alkyl or cyclic N) is 1. The van der Waals surface area contributed by atoms with E-state index in [0.717, 1.165) is 74.5 Å². The summed E-state index contributed by atoms with van der Waals surface area (Å²) < 4.78 is 0. The predicted octanol–water partition coefficient (Wildman–Crippen LogP) is 4.00. The van der Waals surface area contributed by atoms with E-state index in [0.29, 0.717) is 19.0 Å². The summed E-state index contributed by atoms with van der Waals surface area (Å²) >= 11 is 0. The fraction of sp³-hybridized carbons (Fsp3) is 0.556. The maximum absolute atomic E-state index is 12.2. The molecule has 1 aromatic carbocycles. The lowest BCUT2D eigenvalue weighted by Gasteiger charge is -2.35. The quantitative estimate of drug-likeness (QED) is 0.612. The number of nitrogens with zero attached hydrogens (tertiary/aromatic N) is 5. The first-order valence-electron chi connectivity index (χ1n) is 13.0. The van der Waals surface area contributed by atoms with Gasteiger partial charge in [-0.3, -0.25) is 0 Å². The molecule has 1 aromatic heterocycles. The molecule has 2 aromatic rings. The summed E-state index contributed by atoms with van der Waals surface area (Å²) in [5.74, 6) is 1.29. The SMILES string of the molecule is Cc1cnc(N2CCC(ON=C3CCC(c4ccc(NC(=O)N5CC(O)C5)cc4C)CC3)CC2)nc1. The molecule has 3 fully saturated rings. The molecule has 2 aliphatic heterocycles. The normalized spacial score (nSPS) is 21.2. The number of aromatic nitrogens is 2. The van der Waals surface area contributed by atoms with Gasteiger partial charge in [-0.15, -0.1) is 0 Å². The van der Waals surface area contributed by atoms with Gasteiger partial charge in [-0.25, -0.2) is 14.8 Å². The van der Waals surface area contributed by atoms with Crippen molar-refractivity contribution in [3.63, 3.8) is 0 Å². The van der Waals surface area contributed by atoms with Crippen LogP contribution in [0.15, 0.2) is 35.7 Å². The van der Waals surface area contributed by atoms with Gasteiger partial charge in [0.15, 0.2) is 0 Å². The molecule has 0 unspecified atom stereocenters. The number of aliphatic hydroxyl groups is 1. The number of aliphatic hydroxyl groups excluding tert-OH is 1. The highest BCUT2D eigenvalue weighted by Crippen LogP contribution is 2.34. The molecule has 1 aliphatic carbocycles. The van der Waals surface area contributed by atoms with E-state index in [1.165, 1.54) is 11.1 Å². The number of hydrogen-bond acceptors (Lipinski definition) is 7. The average molecular weight is 493 g/mol. The zero-order valence-corrected chi connectivity index (χ0v) is 21.2. The van der Waals surface area contributed by atoms with Crippen molar-refractivity contribution in [3.8, 4) is 0 Å². The Balaban J connectivity index is 1.07. The number of hydrogen-bond donors (Lipinski definition) is 2. The van der Waals surface area contributed by atoms with Gasteiger partial charge in [-0.2, -0.15) is 0 Å². The smallest absolute Gasteiger partial charge is 0.322 e. The summed E-state index contributed by atoms with van der Waals surface area (Å²) in [6.07, 6.45) is 9.37. The van der Waals surface area contributed by atoms with Crippen LogP contribution in [0.2, 0.25) is 0 Å². The van der Waals surface area contributed by atoms with Gasteiger partial charge in [0.05, 0.1) is 24.9 Å². The Bertz CT molecular complexity index is 1080. The van der Waals surface area contributed by atoms with E-state index in [1.54, 1.807) is 4.90 Å². The molecule has 9 nitrogen and oxygen atoms in total. The molecular formula is C27H36N6O3. The lowest BCUT2D eigenvalue weighted by molar-refractivity contribution is 0.0309. The van der Waals surface area contributed by atoms with Gasteiger partial charge in [0.1, 0.15) is 6.10 Å². The van der Waals surface area contributed by atoms with Crippen LogP contribution in [0.1, 0.15) is 61.1 Å². The summed E-state index contributed by atoms with van der Waals surface area (Å²) in [7, 11) is 0. The maximum atomic E-state index is 12.2. The Kier molecular flexibility index (Phi) is 7.36. The number of carbonyl (C=O) groups excluding carboxylic acids is 1. The second kappa shape index (κ2) is 10.8. The first kappa shape index (κ1) is 24.5. The number of anilines is 2. The molecule has 2 saturated heterocycles. The molecule has 3 heterocycles. The Morgan fingerprint density at radius 2 is 1.78 bits per heavy atom. The van der Waals surface area contributed by atoms with Gasteiger partial charge in [0.25, 0.3) is 0 Å². The third kappa shape index (κ3) is 5.78. The number of aryl methyl sites for hydroxylation is 2. The third-order valence-electron chi connectivity index (χ3n) is 7.50. The lowest BCUT2D eigenvalue weighted by Crippen LogP contribution is -2.54. The molecule has 2 N–H and O–H groups in total. The Morgan fingerprint density at radius 1 is 1.08 bits per heavy atom. The molecular weight excluding hydrogens is 456 g/mol. The first-order valence-corrected chi connectivity index (χ1v) is 13.0. The molecule has 0 radical (unpaired) electrons. The van der Waals surface area contributed by atoms with E-state index in [-0.39, 0.29) is 12.1 Å². The maximum Gasteiger partial charge on any atom is 0.322 e. The van der Waals surface area contributed by atoms with E-state index in [2.05, 4.69) is 38.3 Å². The van der Waals surface area contributed by atoms with Crippen molar-refractivity contribution in [1.82, 2.24) is 14.9 Å². The van der Waals surface area contributed by atoms with Gasteiger partial charge in [0, 0.05) is 44.0 Å². The Hall–Kier alpha value is -3.20. The van der Waals surface area contributed by atoms with E-state index in [1.807, 2.05) is 31.5 Å². The summed E-state index contributed by atoms with van der Waals surface area (Å²) in [5, 5.41) is 16.9. The zero-order valence-electron chi connectivity index (χ0n) is 21.2. The number of piperidine rings is 1. The van der Waals surface area contributed by atoms with Gasteiger partial charge in [0.2, 0.25) is 5.95 Å². The van der Waals surface area contributed by atoms with Gasteiger partial charge in [-0.05, 0) is 74.3 Å². The molecule has 0 spiro atoms. The van der Waals surface area contributed by atoms with Crippen LogP contribution in [0.25, 0.3) is 0 Å². The van der Waals surface area contributed by atoms with Crippen molar-refractivity contribution in [3.05, 3.63) is 47.3 Å². The van der Waals surface area contributed by atoms with Crippen LogP contribution in [-0.2, 0) is 4.84 Å². The summed E-state index contributed by atoms with van der Waals surface area (Å²) in [6.45, 7) is 6.68. The number of nitrogens with one attached hydrogen (secondary N) is 1. The zero-order chi connectivity index (χ0) is 25.1. The van der Waals surface area contributed by atoms with Crippen molar-refractivity contribution < 1.29 is 14.7 Å². The van der Waals surface area contributed by atoms with Gasteiger partial charge in [-0.1, -0.05) is 11.2 Å². The van der Waals surface area contributed by atoms with E-state index >= 15 is 0 Å². The molecule has 5 rings (SSSR count). The number of benzene rings is 1. The fourth-order valence-corrected chi connectivity index (χ4v) is 5.25. The first-order chi connectivity index (χ1) is 17.4. The molecule has 9 heteroatoms. The highest BCUT2D eigenvalue weighted by molar-refractivity contribution is 5.90. The molecule has 3 aliphatic rings. The molecule has 2 amide bonds. The van der Waals surface area contributed by atoms with Crippen LogP contribution in [0.4, 0.5) is 16.4 Å². The van der Waals surface area contributed by atoms with E-state index in [4.69, 9.17) is 4.84 Å². The van der Waals surface area contributed by atoms with Crippen LogP contribution in [0.5, 0.6) is 0 Å². The number of rotatable bonds is 5. The topological polar surface area (TPSA) is 103 Å². The molecule has 192 valence electrons. The van der Waals surface area contributed by atoms with Crippen LogP contribution in [0, 0.1) is 13.8 Å². The minimum Gasteiger partial charge on any atom is -0.392 e. The molecule has 0 bridgehead atoms. The van der Waals surface area contributed by atoms with Crippen molar-refractivity contribution in [1.29, 1.82) is 0 Å². The number of amides is 2. The van der Waals surface area contributed by atoms with E-state index < -0.39 is 6.10 Å². The number of oxime groups is 1. The molecule has 0 atom stereocenters. The minimum absolute atomic E-state index is 0.153. The van der Waals surface area contributed by atoms with Crippen molar-refractivity contribution in [2.45, 2.75) is 70.5 Å². The average Bonchev–Trinajstić information content (AvgIpc) is 2.87. The highest BCUT2D eigenvalue weighted by Gasteiger charge is 2.29.